The van der Waals surface area contributed by atoms with Gasteiger partial charge in [0, 0.05) is 18.1 Å². The van der Waals surface area contributed by atoms with Crippen molar-refractivity contribution in [3.8, 4) is 10.6 Å². The average molecular weight is 356 g/mol. The molecule has 1 aliphatic rings. The third-order valence-electron chi connectivity index (χ3n) is 4.09. The molecule has 0 spiro atoms. The summed E-state index contributed by atoms with van der Waals surface area (Å²) in [7, 11) is 0. The second-order valence-electron chi connectivity index (χ2n) is 5.88. The van der Waals surface area contributed by atoms with Crippen LogP contribution >= 0.6 is 11.3 Å². The van der Waals surface area contributed by atoms with Gasteiger partial charge in [0.1, 0.15) is 10.0 Å². The maximum absolute atomic E-state index is 12.2. The van der Waals surface area contributed by atoms with Crippen molar-refractivity contribution in [2.75, 3.05) is 6.61 Å². The Hall–Kier alpha value is -2.65. The van der Waals surface area contributed by atoms with Crippen LogP contribution < -0.4 is 5.32 Å². The summed E-state index contributed by atoms with van der Waals surface area (Å²) in [4.78, 5) is 12.2. The molecule has 0 aliphatic heterocycles. The minimum atomic E-state index is -0.302. The minimum absolute atomic E-state index is 0.132. The van der Waals surface area contributed by atoms with Crippen LogP contribution in [0.4, 0.5) is 0 Å². The van der Waals surface area contributed by atoms with Crippen LogP contribution in [0.2, 0.25) is 0 Å². The van der Waals surface area contributed by atoms with E-state index >= 15 is 0 Å². The predicted octanol–water partition coefficient (Wildman–Crippen LogP) is 1.28. The highest BCUT2D eigenvalue weighted by Crippen LogP contribution is 2.41. The van der Waals surface area contributed by atoms with Gasteiger partial charge in [0.2, 0.25) is 0 Å². The maximum Gasteiger partial charge on any atom is 0.273 e. The lowest BCUT2D eigenvalue weighted by Crippen LogP contribution is -2.23. The second kappa shape index (κ2) is 6.69. The van der Waals surface area contributed by atoms with Crippen LogP contribution in [0.3, 0.4) is 0 Å². The van der Waals surface area contributed by atoms with Gasteiger partial charge in [-0.05, 0) is 6.42 Å². The number of nitrogens with one attached hydrogen (secondary N) is 1. The zero-order valence-electron chi connectivity index (χ0n) is 13.2. The van der Waals surface area contributed by atoms with Crippen molar-refractivity contribution in [2.24, 2.45) is 5.92 Å². The highest BCUT2D eigenvalue weighted by atomic mass is 32.1. The van der Waals surface area contributed by atoms with Crippen molar-refractivity contribution in [1.29, 1.82) is 0 Å². The highest BCUT2D eigenvalue weighted by Gasteiger charge is 2.39. The van der Waals surface area contributed by atoms with Gasteiger partial charge >= 0.3 is 0 Å². The lowest BCUT2D eigenvalue weighted by molar-refractivity contribution is 0.0945. The molecule has 9 heteroatoms. The molecular weight excluding hydrogens is 340 g/mol. The molecule has 1 fully saturated rings. The fourth-order valence-corrected chi connectivity index (χ4v) is 3.35. The van der Waals surface area contributed by atoms with Crippen molar-refractivity contribution in [3.63, 3.8) is 0 Å². The first-order chi connectivity index (χ1) is 12.2. The Balaban J connectivity index is 1.35. The Morgan fingerprint density at radius 2 is 2.12 bits per heavy atom. The monoisotopic (exact) mass is 356 g/mol. The number of aliphatic hydroxyl groups excluding tert-OH is 1. The van der Waals surface area contributed by atoms with E-state index in [-0.39, 0.29) is 30.2 Å². The van der Waals surface area contributed by atoms with E-state index in [4.69, 9.17) is 5.11 Å². The van der Waals surface area contributed by atoms with Gasteiger partial charge in [-0.2, -0.15) is 0 Å². The molecule has 0 unspecified atom stereocenters. The lowest BCUT2D eigenvalue weighted by atomic mass is 10.2. The number of rotatable bonds is 6. The van der Waals surface area contributed by atoms with Crippen molar-refractivity contribution in [1.82, 2.24) is 30.5 Å². The number of aromatic nitrogens is 5. The molecule has 2 aromatic heterocycles. The van der Waals surface area contributed by atoms with Gasteiger partial charge < -0.3 is 10.4 Å². The lowest BCUT2D eigenvalue weighted by Gasteiger charge is -1.98. The molecule has 1 amide bonds. The number of carbonyl (C=O) groups excluding carboxylic acids is 1. The van der Waals surface area contributed by atoms with Crippen LogP contribution in [0.15, 0.2) is 36.5 Å². The van der Waals surface area contributed by atoms with Gasteiger partial charge in [-0.25, -0.2) is 4.68 Å². The number of hydrogen-bond acceptors (Lipinski definition) is 7. The molecule has 4 rings (SSSR count). The number of hydrogen-bond donors (Lipinski definition) is 2. The number of amides is 1. The molecule has 128 valence electrons. The fraction of sp³-hybridized carbons (Fsp3) is 0.312. The molecule has 1 aliphatic carbocycles. The average Bonchev–Trinajstić information content (AvgIpc) is 3.07. The maximum atomic E-state index is 12.2. The minimum Gasteiger partial charge on any atom is -0.396 e. The summed E-state index contributed by atoms with van der Waals surface area (Å²) >= 11 is 1.44. The van der Waals surface area contributed by atoms with E-state index in [1.165, 1.54) is 11.3 Å². The summed E-state index contributed by atoms with van der Waals surface area (Å²) in [6.07, 6.45) is 2.49. The summed E-state index contributed by atoms with van der Waals surface area (Å²) in [6, 6.07) is 9.93. The zero-order valence-corrected chi connectivity index (χ0v) is 14.1. The second-order valence-corrected chi connectivity index (χ2v) is 6.94. The number of carbonyl (C=O) groups is 1. The van der Waals surface area contributed by atoms with Crippen molar-refractivity contribution >= 4 is 17.2 Å². The van der Waals surface area contributed by atoms with E-state index in [0.717, 1.165) is 22.0 Å². The summed E-state index contributed by atoms with van der Waals surface area (Å²) in [5, 5.41) is 29.5. The first kappa shape index (κ1) is 15.9. The van der Waals surface area contributed by atoms with Crippen LogP contribution in [0.1, 0.15) is 28.0 Å². The molecule has 3 aromatic rings. The number of aliphatic hydroxyl groups is 1. The first-order valence-corrected chi connectivity index (χ1v) is 8.75. The molecule has 1 aromatic carbocycles. The molecule has 0 saturated heterocycles. The molecule has 2 heterocycles. The Morgan fingerprint density at radius 3 is 2.88 bits per heavy atom. The SMILES string of the molecule is O=C(NCc1nnc(-c2ccccc2)s1)c1cn([C@@H]2C[C@H]2CO)nn1. The van der Waals surface area contributed by atoms with Crippen LogP contribution in [0, 0.1) is 5.92 Å². The standard InChI is InChI=1S/C16H16N6O2S/c23-9-11-6-13(11)22-8-12(18-21-22)15(24)17-7-14-19-20-16(25-14)10-4-2-1-3-5-10/h1-5,8,11,13,23H,6-7,9H2,(H,17,24)/t11-,13+/m0/s1. The van der Waals surface area contributed by atoms with Gasteiger partial charge in [-0.3, -0.25) is 4.79 Å². The third-order valence-corrected chi connectivity index (χ3v) is 5.06. The molecule has 25 heavy (non-hydrogen) atoms. The van der Waals surface area contributed by atoms with Gasteiger partial charge in [-0.1, -0.05) is 46.9 Å². The number of nitrogens with zero attached hydrogens (tertiary/aromatic N) is 5. The number of benzene rings is 1. The third kappa shape index (κ3) is 3.42. The molecule has 1 saturated carbocycles. The largest absolute Gasteiger partial charge is 0.396 e. The van der Waals surface area contributed by atoms with Crippen molar-refractivity contribution < 1.29 is 9.90 Å². The fourth-order valence-electron chi connectivity index (χ4n) is 2.56. The van der Waals surface area contributed by atoms with Crippen molar-refractivity contribution in [2.45, 2.75) is 19.0 Å². The molecule has 8 nitrogen and oxygen atoms in total. The topological polar surface area (TPSA) is 106 Å². The Morgan fingerprint density at radius 1 is 1.28 bits per heavy atom. The molecule has 2 atom stereocenters. The predicted molar refractivity (Wildman–Crippen MR) is 90.8 cm³/mol. The molecule has 0 radical (unpaired) electrons. The summed E-state index contributed by atoms with van der Waals surface area (Å²) < 4.78 is 1.65. The smallest absolute Gasteiger partial charge is 0.273 e. The van der Waals surface area contributed by atoms with Crippen LogP contribution in [0.25, 0.3) is 10.6 Å². The van der Waals surface area contributed by atoms with E-state index in [2.05, 4.69) is 25.8 Å². The summed E-state index contributed by atoms with van der Waals surface area (Å²) in [6.45, 7) is 0.422. The van der Waals surface area contributed by atoms with Crippen LogP contribution in [-0.4, -0.2) is 42.8 Å². The molecule has 0 bridgehead atoms. The van der Waals surface area contributed by atoms with Gasteiger partial charge in [-0.15, -0.1) is 15.3 Å². The summed E-state index contributed by atoms with van der Waals surface area (Å²) in [5.41, 5.74) is 1.26. The Kier molecular flexibility index (Phi) is 4.24. The Bertz CT molecular complexity index is 878. The Labute approximate surface area is 147 Å². The quantitative estimate of drug-likeness (QED) is 0.689. The van der Waals surface area contributed by atoms with E-state index in [1.807, 2.05) is 30.3 Å². The van der Waals surface area contributed by atoms with Gasteiger partial charge in [0.05, 0.1) is 18.8 Å². The van der Waals surface area contributed by atoms with E-state index in [1.54, 1.807) is 10.9 Å². The highest BCUT2D eigenvalue weighted by molar-refractivity contribution is 7.14. The normalized spacial score (nSPS) is 18.9. The molecular formula is C16H16N6O2S. The zero-order chi connectivity index (χ0) is 17.2. The van der Waals surface area contributed by atoms with Gasteiger partial charge in [0.25, 0.3) is 5.91 Å². The van der Waals surface area contributed by atoms with Crippen LogP contribution in [0.5, 0.6) is 0 Å². The summed E-state index contributed by atoms with van der Waals surface area (Å²) in [5.74, 6) is -0.0840. The van der Waals surface area contributed by atoms with Gasteiger partial charge in [0.15, 0.2) is 5.69 Å². The molecule has 2 N–H and O–H groups in total. The van der Waals surface area contributed by atoms with Crippen LogP contribution in [-0.2, 0) is 6.54 Å². The van der Waals surface area contributed by atoms with Crippen molar-refractivity contribution in [3.05, 3.63) is 47.2 Å². The van der Waals surface area contributed by atoms with E-state index in [0.29, 0.717) is 6.54 Å². The van der Waals surface area contributed by atoms with E-state index in [9.17, 15) is 4.79 Å². The first-order valence-electron chi connectivity index (χ1n) is 7.93. The van der Waals surface area contributed by atoms with E-state index < -0.39 is 0 Å².